The molecule has 1 atom stereocenters. The van der Waals surface area contributed by atoms with Crippen LogP contribution in [0.25, 0.3) is 0 Å². The first kappa shape index (κ1) is 12.8. The van der Waals surface area contributed by atoms with Gasteiger partial charge in [-0.1, -0.05) is 6.92 Å². The predicted molar refractivity (Wildman–Crippen MR) is 51.5 cm³/mol. The molecule has 0 amide bonds. The van der Waals surface area contributed by atoms with E-state index in [1.165, 1.54) is 0 Å². The normalized spacial score (nSPS) is 14.4. The van der Waals surface area contributed by atoms with E-state index in [-0.39, 0.29) is 12.6 Å². The molecule has 0 aliphatic rings. The minimum absolute atomic E-state index is 0.0905. The maximum Gasteiger partial charge on any atom is 0.277 e. The molecule has 0 rings (SSSR count). The van der Waals surface area contributed by atoms with Crippen molar-refractivity contribution in [1.82, 2.24) is 9.44 Å². The Hall–Kier alpha value is -0.170. The zero-order chi connectivity index (χ0) is 10.3. The van der Waals surface area contributed by atoms with Crippen LogP contribution >= 0.6 is 0 Å². The Morgan fingerprint density at radius 1 is 1.46 bits per heavy atom. The molecule has 1 unspecified atom stereocenters. The molecule has 0 aromatic carbocycles. The second-order valence-corrected chi connectivity index (χ2v) is 4.42. The van der Waals surface area contributed by atoms with Crippen molar-refractivity contribution in [3.05, 3.63) is 0 Å². The number of hydrogen-bond donors (Lipinski definition) is 3. The first-order valence-electron chi connectivity index (χ1n) is 4.39. The monoisotopic (exact) mass is 210 g/mol. The maximum atomic E-state index is 11.1. The summed E-state index contributed by atoms with van der Waals surface area (Å²) in [4.78, 5) is 0. The number of aliphatic hydroxyl groups is 1. The van der Waals surface area contributed by atoms with Gasteiger partial charge in [0.25, 0.3) is 10.2 Å². The van der Waals surface area contributed by atoms with Crippen LogP contribution in [0.5, 0.6) is 0 Å². The molecule has 5 nitrogen and oxygen atoms in total. The molecule has 0 saturated heterocycles. The first-order valence-corrected chi connectivity index (χ1v) is 5.88. The standard InChI is InChI=1S/C7H18N2O3S/c1-3-8-13(11,12)9-7(2)5-4-6-10/h7-10H,3-6H2,1-2H3. The van der Waals surface area contributed by atoms with E-state index in [1.807, 2.05) is 0 Å². The van der Waals surface area contributed by atoms with Crippen molar-refractivity contribution < 1.29 is 13.5 Å². The van der Waals surface area contributed by atoms with E-state index in [9.17, 15) is 8.42 Å². The summed E-state index contributed by atoms with van der Waals surface area (Å²) in [5.41, 5.74) is 0. The molecule has 0 aromatic heterocycles. The van der Waals surface area contributed by atoms with Gasteiger partial charge < -0.3 is 5.11 Å². The third-order valence-electron chi connectivity index (χ3n) is 1.49. The van der Waals surface area contributed by atoms with Crippen molar-refractivity contribution in [3.8, 4) is 0 Å². The lowest BCUT2D eigenvalue weighted by molar-refractivity contribution is 0.279. The summed E-state index contributed by atoms with van der Waals surface area (Å²) < 4.78 is 27.0. The third kappa shape index (κ3) is 6.94. The number of rotatable bonds is 7. The lowest BCUT2D eigenvalue weighted by Crippen LogP contribution is -2.41. The average Bonchev–Trinajstić information content (AvgIpc) is 1.99. The Kier molecular flexibility index (Phi) is 6.23. The topological polar surface area (TPSA) is 78.4 Å². The Labute approximate surface area is 79.7 Å². The van der Waals surface area contributed by atoms with Gasteiger partial charge >= 0.3 is 0 Å². The summed E-state index contributed by atoms with van der Waals surface area (Å²) in [6.45, 7) is 3.96. The highest BCUT2D eigenvalue weighted by molar-refractivity contribution is 7.87. The molecule has 0 saturated carbocycles. The molecule has 3 N–H and O–H groups in total. The average molecular weight is 210 g/mol. The third-order valence-corrected chi connectivity index (χ3v) is 2.87. The second-order valence-electron chi connectivity index (χ2n) is 2.89. The Morgan fingerprint density at radius 3 is 2.54 bits per heavy atom. The van der Waals surface area contributed by atoms with Gasteiger partial charge in [0.1, 0.15) is 0 Å². The highest BCUT2D eigenvalue weighted by Gasteiger charge is 2.11. The second kappa shape index (κ2) is 6.31. The molecule has 0 aliphatic heterocycles. The number of hydrogen-bond acceptors (Lipinski definition) is 3. The molecule has 0 heterocycles. The van der Waals surface area contributed by atoms with Gasteiger partial charge in [-0.3, -0.25) is 0 Å². The predicted octanol–water partition coefficient (Wildman–Crippen LogP) is -0.409. The lowest BCUT2D eigenvalue weighted by Gasteiger charge is -2.13. The van der Waals surface area contributed by atoms with Gasteiger partial charge in [0.2, 0.25) is 0 Å². The van der Waals surface area contributed by atoms with Gasteiger partial charge in [0.05, 0.1) is 0 Å². The van der Waals surface area contributed by atoms with Crippen molar-refractivity contribution in [2.24, 2.45) is 0 Å². The van der Waals surface area contributed by atoms with E-state index < -0.39 is 10.2 Å². The zero-order valence-corrected chi connectivity index (χ0v) is 8.89. The van der Waals surface area contributed by atoms with E-state index in [4.69, 9.17) is 5.11 Å². The van der Waals surface area contributed by atoms with Crippen LogP contribution in [0.2, 0.25) is 0 Å². The number of nitrogens with one attached hydrogen (secondary N) is 2. The van der Waals surface area contributed by atoms with Crippen molar-refractivity contribution in [2.45, 2.75) is 32.7 Å². The van der Waals surface area contributed by atoms with Crippen LogP contribution in [0.1, 0.15) is 26.7 Å². The fourth-order valence-electron chi connectivity index (χ4n) is 0.953. The first-order chi connectivity index (χ1) is 6.02. The van der Waals surface area contributed by atoms with Crippen LogP contribution in [-0.2, 0) is 10.2 Å². The molecule has 0 aromatic rings. The van der Waals surface area contributed by atoms with Crippen molar-refractivity contribution >= 4 is 10.2 Å². The van der Waals surface area contributed by atoms with Gasteiger partial charge in [-0.25, -0.2) is 4.72 Å². The molecule has 0 radical (unpaired) electrons. The smallest absolute Gasteiger partial charge is 0.277 e. The molecule has 13 heavy (non-hydrogen) atoms. The SMILES string of the molecule is CCNS(=O)(=O)NC(C)CCCO. The van der Waals surface area contributed by atoms with E-state index in [2.05, 4.69) is 9.44 Å². The van der Waals surface area contributed by atoms with Gasteiger partial charge in [0, 0.05) is 19.2 Å². The summed E-state index contributed by atoms with van der Waals surface area (Å²) in [5.74, 6) is 0. The van der Waals surface area contributed by atoms with Crippen LogP contribution < -0.4 is 9.44 Å². The minimum Gasteiger partial charge on any atom is -0.396 e. The molecule has 0 aliphatic carbocycles. The van der Waals surface area contributed by atoms with E-state index in [0.717, 1.165) is 0 Å². The van der Waals surface area contributed by atoms with Gasteiger partial charge in [-0.05, 0) is 19.8 Å². The van der Waals surface area contributed by atoms with Crippen LogP contribution in [0.4, 0.5) is 0 Å². The lowest BCUT2D eigenvalue weighted by atomic mass is 10.2. The van der Waals surface area contributed by atoms with E-state index in [1.54, 1.807) is 13.8 Å². The summed E-state index contributed by atoms with van der Waals surface area (Å²) in [5, 5.41) is 8.52. The molecule has 80 valence electrons. The van der Waals surface area contributed by atoms with Crippen LogP contribution in [0, 0.1) is 0 Å². The molecule has 0 bridgehead atoms. The van der Waals surface area contributed by atoms with Crippen molar-refractivity contribution in [3.63, 3.8) is 0 Å². The number of aliphatic hydroxyl groups excluding tert-OH is 1. The quantitative estimate of drug-likeness (QED) is 0.534. The minimum atomic E-state index is -3.34. The van der Waals surface area contributed by atoms with E-state index >= 15 is 0 Å². The molecule has 0 fully saturated rings. The van der Waals surface area contributed by atoms with Crippen LogP contribution in [0.15, 0.2) is 0 Å². The highest BCUT2D eigenvalue weighted by atomic mass is 32.2. The summed E-state index contributed by atoms with van der Waals surface area (Å²) >= 11 is 0. The van der Waals surface area contributed by atoms with Crippen molar-refractivity contribution in [2.75, 3.05) is 13.2 Å². The molecular weight excluding hydrogens is 192 g/mol. The Bertz CT molecular complexity index is 216. The zero-order valence-electron chi connectivity index (χ0n) is 8.08. The Balaban J connectivity index is 3.82. The van der Waals surface area contributed by atoms with E-state index in [0.29, 0.717) is 19.4 Å². The molecule has 0 spiro atoms. The summed E-state index contributed by atoms with van der Waals surface area (Å²) in [6, 6.07) is -0.142. The Morgan fingerprint density at radius 2 is 2.08 bits per heavy atom. The van der Waals surface area contributed by atoms with Crippen molar-refractivity contribution in [1.29, 1.82) is 0 Å². The fraction of sp³-hybridized carbons (Fsp3) is 1.00. The molecular formula is C7H18N2O3S. The fourth-order valence-corrected chi connectivity index (χ4v) is 2.06. The summed E-state index contributed by atoms with van der Waals surface area (Å²) in [7, 11) is -3.34. The summed E-state index contributed by atoms with van der Waals surface area (Å²) in [6.07, 6.45) is 1.25. The van der Waals surface area contributed by atoms with Crippen LogP contribution in [-0.4, -0.2) is 32.7 Å². The molecule has 6 heteroatoms. The van der Waals surface area contributed by atoms with Gasteiger partial charge in [-0.2, -0.15) is 13.1 Å². The van der Waals surface area contributed by atoms with Gasteiger partial charge in [0.15, 0.2) is 0 Å². The highest BCUT2D eigenvalue weighted by Crippen LogP contribution is 1.96. The van der Waals surface area contributed by atoms with Gasteiger partial charge in [-0.15, -0.1) is 0 Å². The van der Waals surface area contributed by atoms with Crippen LogP contribution in [0.3, 0.4) is 0 Å². The largest absolute Gasteiger partial charge is 0.396 e. The maximum absolute atomic E-state index is 11.1.